The fourth-order valence-corrected chi connectivity index (χ4v) is 5.81. The number of benzene rings is 2. The molecule has 3 N–H and O–H groups in total. The molecule has 38 heavy (non-hydrogen) atoms. The zero-order valence-electron chi connectivity index (χ0n) is 21.9. The molecule has 3 heterocycles. The zero-order chi connectivity index (χ0) is 26.6. The molecule has 10 heteroatoms. The smallest absolute Gasteiger partial charge is 0.247 e. The molecule has 0 aromatic heterocycles. The minimum atomic E-state index is -0.271. The lowest BCUT2D eigenvalue weighted by Gasteiger charge is -2.35. The lowest BCUT2D eigenvalue weighted by molar-refractivity contribution is -0.111. The van der Waals surface area contributed by atoms with E-state index in [-0.39, 0.29) is 17.2 Å². The summed E-state index contributed by atoms with van der Waals surface area (Å²) < 4.78 is 5.79. The van der Waals surface area contributed by atoms with Gasteiger partial charge in [-0.15, -0.1) is 11.8 Å². The van der Waals surface area contributed by atoms with Gasteiger partial charge in [-0.2, -0.15) is 0 Å². The van der Waals surface area contributed by atoms with Crippen molar-refractivity contribution in [2.75, 3.05) is 68.2 Å². The number of hydrogen-bond acceptors (Lipinski definition) is 9. The van der Waals surface area contributed by atoms with Gasteiger partial charge in [0, 0.05) is 45.0 Å². The number of carbonyl (C=O) groups is 1. The summed E-state index contributed by atoms with van der Waals surface area (Å²) in [6.07, 6.45) is 3.32. The number of rotatable bonds is 7. The number of fused-ring (bicyclic) bond motifs is 1. The summed E-state index contributed by atoms with van der Waals surface area (Å²) in [5.74, 6) is 0.868. The summed E-state index contributed by atoms with van der Waals surface area (Å²) >= 11 is 1.73. The second kappa shape index (κ2) is 11.3. The van der Waals surface area contributed by atoms with Gasteiger partial charge in [0.25, 0.3) is 0 Å². The lowest BCUT2D eigenvalue weighted by Crippen LogP contribution is -2.44. The molecule has 198 valence electrons. The Morgan fingerprint density at radius 3 is 2.74 bits per heavy atom. The molecule has 0 radical (unpaired) electrons. The average Bonchev–Trinajstić information content (AvgIpc) is 3.42. The third-order valence-electron chi connectivity index (χ3n) is 6.91. The average molecular weight is 532 g/mol. The number of carbonyl (C=O) groups excluding carboxylic acids is 1. The Labute approximate surface area is 227 Å². The molecule has 5 rings (SSSR count). The summed E-state index contributed by atoms with van der Waals surface area (Å²) in [4.78, 5) is 26.7. The van der Waals surface area contributed by atoms with Crippen molar-refractivity contribution in [3.05, 3.63) is 66.1 Å². The van der Waals surface area contributed by atoms with Gasteiger partial charge in [0.15, 0.2) is 0 Å². The van der Waals surface area contributed by atoms with Gasteiger partial charge in [0.1, 0.15) is 5.75 Å². The topological polar surface area (TPSA) is 93.6 Å². The van der Waals surface area contributed by atoms with Crippen molar-refractivity contribution in [1.29, 1.82) is 0 Å². The van der Waals surface area contributed by atoms with Crippen LogP contribution in [0.5, 0.6) is 5.75 Å². The number of anilines is 4. The van der Waals surface area contributed by atoms with Crippen LogP contribution in [0.4, 0.5) is 22.7 Å². The number of aliphatic imine (C=N–C) groups is 2. The van der Waals surface area contributed by atoms with Crippen LogP contribution < -0.4 is 25.6 Å². The van der Waals surface area contributed by atoms with E-state index in [9.17, 15) is 4.79 Å². The number of methoxy groups -OCH3 is 1. The van der Waals surface area contributed by atoms with Crippen molar-refractivity contribution in [2.45, 2.75) is 11.3 Å². The van der Waals surface area contributed by atoms with Crippen LogP contribution in [-0.4, -0.2) is 75.1 Å². The summed E-state index contributed by atoms with van der Waals surface area (Å²) in [6.45, 7) is 7.19. The normalized spacial score (nSPS) is 20.8. The standard InChI is InChI=1S/C28H33N7O2S/c1-5-25(36)30-21-16-22(24(37-4)17-23(21)35-12-10-34(3)11-13-35)32-28-31-20-9-14-38-27(20)26(33-28)18-7-6-8-19(15-18)29-2/h5-9,14-17,26-27,29H,1,10-13H2,2-4H3,(H,30,36)(H,32,33). The molecule has 1 amide bonds. The maximum atomic E-state index is 12.3. The van der Waals surface area contributed by atoms with Crippen molar-refractivity contribution in [3.8, 4) is 5.75 Å². The molecule has 0 saturated carbocycles. The minimum absolute atomic E-state index is 0.103. The maximum Gasteiger partial charge on any atom is 0.247 e. The molecular weight excluding hydrogens is 498 g/mol. The first-order chi connectivity index (χ1) is 18.5. The fourth-order valence-electron chi connectivity index (χ4n) is 4.78. The van der Waals surface area contributed by atoms with E-state index in [0.29, 0.717) is 23.1 Å². The monoisotopic (exact) mass is 531 g/mol. The van der Waals surface area contributed by atoms with E-state index in [1.165, 1.54) is 6.08 Å². The molecule has 0 bridgehead atoms. The summed E-state index contributed by atoms with van der Waals surface area (Å²) in [5, 5.41) is 11.8. The van der Waals surface area contributed by atoms with Crippen molar-refractivity contribution in [1.82, 2.24) is 4.90 Å². The molecule has 2 unspecified atom stereocenters. The first kappa shape index (κ1) is 25.9. The first-order valence-corrected chi connectivity index (χ1v) is 13.6. The van der Waals surface area contributed by atoms with Gasteiger partial charge >= 0.3 is 0 Å². The molecule has 0 spiro atoms. The van der Waals surface area contributed by atoms with Crippen LogP contribution in [0.25, 0.3) is 0 Å². The zero-order valence-corrected chi connectivity index (χ0v) is 22.7. The Balaban J connectivity index is 1.51. The Bertz CT molecular complexity index is 1310. The molecule has 1 fully saturated rings. The van der Waals surface area contributed by atoms with E-state index in [2.05, 4.69) is 56.9 Å². The predicted molar refractivity (Wildman–Crippen MR) is 159 cm³/mol. The van der Waals surface area contributed by atoms with Crippen LogP contribution >= 0.6 is 11.8 Å². The van der Waals surface area contributed by atoms with Gasteiger partial charge in [0.2, 0.25) is 11.9 Å². The number of amides is 1. The van der Waals surface area contributed by atoms with Crippen LogP contribution in [0.1, 0.15) is 11.6 Å². The number of likely N-dealkylation sites (N-methyl/N-ethyl adjacent to an activating group) is 1. The highest BCUT2D eigenvalue weighted by Crippen LogP contribution is 2.41. The predicted octanol–water partition coefficient (Wildman–Crippen LogP) is 4.21. The number of hydrogen-bond donors (Lipinski definition) is 3. The third-order valence-corrected chi connectivity index (χ3v) is 7.99. The van der Waals surface area contributed by atoms with Crippen LogP contribution in [-0.2, 0) is 4.79 Å². The molecule has 3 aliphatic heterocycles. The highest BCUT2D eigenvalue weighted by Gasteiger charge is 2.33. The first-order valence-electron chi connectivity index (χ1n) is 12.6. The van der Waals surface area contributed by atoms with Crippen LogP contribution in [0.15, 0.2) is 70.5 Å². The molecule has 1 saturated heterocycles. The fraction of sp³-hybridized carbons (Fsp3) is 0.321. The number of ether oxygens (including phenoxy) is 1. The number of thioether (sulfide) groups is 1. The number of guanidine groups is 1. The highest BCUT2D eigenvalue weighted by atomic mass is 32.2. The van der Waals surface area contributed by atoms with E-state index in [0.717, 1.165) is 48.8 Å². The number of piperazine rings is 1. The second-order valence-electron chi connectivity index (χ2n) is 9.35. The number of nitrogens with zero attached hydrogens (tertiary/aromatic N) is 4. The largest absolute Gasteiger partial charge is 0.494 e. The third kappa shape index (κ3) is 5.41. The number of allylic oxidation sites excluding steroid dienone is 1. The summed E-state index contributed by atoms with van der Waals surface area (Å²) in [6, 6.07) is 12.1. The van der Waals surface area contributed by atoms with Crippen LogP contribution in [0, 0.1) is 0 Å². The van der Waals surface area contributed by atoms with Gasteiger partial charge in [-0.05, 0) is 48.4 Å². The molecular formula is C28H33N7O2S. The lowest BCUT2D eigenvalue weighted by atomic mass is 9.99. The Morgan fingerprint density at radius 2 is 2.00 bits per heavy atom. The molecule has 9 nitrogen and oxygen atoms in total. The van der Waals surface area contributed by atoms with Gasteiger partial charge < -0.3 is 30.5 Å². The molecule has 0 aliphatic carbocycles. The van der Waals surface area contributed by atoms with Gasteiger partial charge in [-0.1, -0.05) is 18.7 Å². The Hall–Kier alpha value is -3.76. The van der Waals surface area contributed by atoms with E-state index < -0.39 is 0 Å². The molecule has 3 aliphatic rings. The van der Waals surface area contributed by atoms with E-state index >= 15 is 0 Å². The van der Waals surface area contributed by atoms with Gasteiger partial charge in [-0.3, -0.25) is 4.79 Å². The van der Waals surface area contributed by atoms with Crippen molar-refractivity contribution in [2.24, 2.45) is 9.98 Å². The van der Waals surface area contributed by atoms with Crippen molar-refractivity contribution >= 4 is 52.1 Å². The number of nitrogens with one attached hydrogen (secondary N) is 3. The quantitative estimate of drug-likeness (QED) is 0.461. The van der Waals surface area contributed by atoms with Crippen LogP contribution in [0.3, 0.4) is 0 Å². The Morgan fingerprint density at radius 1 is 1.18 bits per heavy atom. The molecule has 2 aromatic carbocycles. The van der Waals surface area contributed by atoms with E-state index in [1.807, 2.05) is 37.4 Å². The van der Waals surface area contributed by atoms with Crippen LogP contribution in [0.2, 0.25) is 0 Å². The van der Waals surface area contributed by atoms with Gasteiger partial charge in [0.05, 0.1) is 41.2 Å². The summed E-state index contributed by atoms with van der Waals surface area (Å²) in [7, 11) is 5.67. The van der Waals surface area contributed by atoms with E-state index in [1.54, 1.807) is 18.9 Å². The second-order valence-corrected chi connectivity index (χ2v) is 10.4. The van der Waals surface area contributed by atoms with Gasteiger partial charge in [-0.25, -0.2) is 9.98 Å². The SMILES string of the molecule is C=CC(=O)Nc1cc(NC2=NC(c3cccc(NC)c3)C3SC=CC3=N2)c(OC)cc1N1CCN(C)CC1. The molecule has 2 aromatic rings. The molecule has 2 atom stereocenters. The maximum absolute atomic E-state index is 12.3. The van der Waals surface area contributed by atoms with Crippen molar-refractivity contribution < 1.29 is 9.53 Å². The van der Waals surface area contributed by atoms with E-state index in [4.69, 9.17) is 14.7 Å². The Kier molecular flexibility index (Phi) is 7.71. The summed E-state index contributed by atoms with van der Waals surface area (Å²) in [5.41, 5.74) is 5.38. The minimum Gasteiger partial charge on any atom is -0.494 e. The van der Waals surface area contributed by atoms with Crippen molar-refractivity contribution in [3.63, 3.8) is 0 Å². The highest BCUT2D eigenvalue weighted by molar-refractivity contribution is 8.04.